The molecule has 1 rings (SSSR count). The van der Waals surface area contributed by atoms with Crippen LogP contribution in [0.2, 0.25) is 0 Å². The van der Waals surface area contributed by atoms with E-state index in [1.54, 1.807) is 0 Å². The Morgan fingerprint density at radius 2 is 1.85 bits per heavy atom. The molecule has 0 fully saturated rings. The summed E-state index contributed by atoms with van der Waals surface area (Å²) >= 11 is 0. The standard InChI is InChI=1S/C13H15F2NO4/c1-20-11-7-8(14)10(6-9(11)15)16-12(17)4-2-3-5-13(18)19/h6-7H,2-5H2,1H3,(H,16,17)(H,18,19). The number of halogens is 2. The number of amides is 1. The van der Waals surface area contributed by atoms with Crippen LogP contribution < -0.4 is 10.1 Å². The summed E-state index contributed by atoms with van der Waals surface area (Å²) in [6.07, 6.45) is 0.722. The van der Waals surface area contributed by atoms with Gasteiger partial charge in [0.25, 0.3) is 0 Å². The van der Waals surface area contributed by atoms with Crippen molar-refractivity contribution in [2.45, 2.75) is 25.7 Å². The molecule has 20 heavy (non-hydrogen) atoms. The van der Waals surface area contributed by atoms with E-state index in [-0.39, 0.29) is 24.3 Å². The van der Waals surface area contributed by atoms with E-state index in [0.717, 1.165) is 12.1 Å². The molecule has 0 aromatic heterocycles. The molecule has 110 valence electrons. The molecule has 7 heteroatoms. The van der Waals surface area contributed by atoms with Gasteiger partial charge in [0.15, 0.2) is 17.4 Å². The highest BCUT2D eigenvalue weighted by Crippen LogP contribution is 2.24. The molecule has 0 saturated carbocycles. The van der Waals surface area contributed by atoms with E-state index in [0.29, 0.717) is 12.8 Å². The van der Waals surface area contributed by atoms with Gasteiger partial charge in [-0.15, -0.1) is 0 Å². The maximum atomic E-state index is 13.5. The summed E-state index contributed by atoms with van der Waals surface area (Å²) in [7, 11) is 1.21. The summed E-state index contributed by atoms with van der Waals surface area (Å²) in [5, 5.41) is 10.7. The number of carboxylic acids is 1. The van der Waals surface area contributed by atoms with Gasteiger partial charge in [-0.1, -0.05) is 0 Å². The fourth-order valence-corrected chi connectivity index (χ4v) is 1.56. The second kappa shape index (κ2) is 7.42. The maximum absolute atomic E-state index is 13.5. The van der Waals surface area contributed by atoms with Crippen LogP contribution >= 0.6 is 0 Å². The molecule has 1 aromatic rings. The lowest BCUT2D eigenvalue weighted by atomic mass is 10.2. The summed E-state index contributed by atoms with van der Waals surface area (Å²) in [5.74, 6) is -3.27. The van der Waals surface area contributed by atoms with Crippen molar-refractivity contribution >= 4 is 17.6 Å². The van der Waals surface area contributed by atoms with Crippen LogP contribution in [0.5, 0.6) is 5.75 Å². The molecule has 0 heterocycles. The van der Waals surface area contributed by atoms with Gasteiger partial charge in [-0.2, -0.15) is 0 Å². The van der Waals surface area contributed by atoms with E-state index in [2.05, 4.69) is 10.1 Å². The summed E-state index contributed by atoms with van der Waals surface area (Å²) in [4.78, 5) is 21.8. The van der Waals surface area contributed by atoms with Crippen LogP contribution in [0, 0.1) is 11.6 Å². The molecule has 0 aliphatic heterocycles. The molecule has 5 nitrogen and oxygen atoms in total. The van der Waals surface area contributed by atoms with Crippen molar-refractivity contribution in [3.63, 3.8) is 0 Å². The molecule has 0 aliphatic rings. The Hall–Kier alpha value is -2.18. The number of carboxylic acid groups (broad SMARTS) is 1. The van der Waals surface area contributed by atoms with E-state index in [9.17, 15) is 18.4 Å². The SMILES string of the molecule is COc1cc(F)c(NC(=O)CCCCC(=O)O)cc1F. The predicted octanol–water partition coefficient (Wildman–Crippen LogP) is 2.56. The van der Waals surface area contributed by atoms with Gasteiger partial charge in [-0.25, -0.2) is 8.78 Å². The van der Waals surface area contributed by atoms with Crippen LogP contribution in [0.15, 0.2) is 12.1 Å². The first-order chi connectivity index (χ1) is 9.43. The lowest BCUT2D eigenvalue weighted by Gasteiger charge is -2.08. The lowest BCUT2D eigenvalue weighted by Crippen LogP contribution is -2.13. The Morgan fingerprint density at radius 1 is 1.20 bits per heavy atom. The molecule has 0 radical (unpaired) electrons. The van der Waals surface area contributed by atoms with Crippen molar-refractivity contribution in [3.8, 4) is 5.75 Å². The zero-order valence-electron chi connectivity index (χ0n) is 10.9. The smallest absolute Gasteiger partial charge is 0.303 e. The lowest BCUT2D eigenvalue weighted by molar-refractivity contribution is -0.137. The van der Waals surface area contributed by atoms with E-state index in [1.165, 1.54) is 7.11 Å². The van der Waals surface area contributed by atoms with Gasteiger partial charge in [-0.05, 0) is 12.8 Å². The van der Waals surface area contributed by atoms with Crippen molar-refractivity contribution in [1.82, 2.24) is 0 Å². The van der Waals surface area contributed by atoms with Gasteiger partial charge in [0.1, 0.15) is 0 Å². The van der Waals surface area contributed by atoms with Gasteiger partial charge >= 0.3 is 5.97 Å². The Bertz CT molecular complexity index is 505. The number of unbranched alkanes of at least 4 members (excludes halogenated alkanes) is 1. The zero-order valence-corrected chi connectivity index (χ0v) is 10.9. The van der Waals surface area contributed by atoms with Crippen molar-refractivity contribution in [2.75, 3.05) is 12.4 Å². The fraction of sp³-hybridized carbons (Fsp3) is 0.385. The van der Waals surface area contributed by atoms with Crippen LogP contribution in [0.4, 0.5) is 14.5 Å². The van der Waals surface area contributed by atoms with Gasteiger partial charge in [0.2, 0.25) is 5.91 Å². The third kappa shape index (κ3) is 4.83. The van der Waals surface area contributed by atoms with Crippen LogP contribution in [0.25, 0.3) is 0 Å². The van der Waals surface area contributed by atoms with Crippen molar-refractivity contribution in [1.29, 1.82) is 0 Å². The average Bonchev–Trinajstić information content (AvgIpc) is 2.38. The van der Waals surface area contributed by atoms with Crippen molar-refractivity contribution in [3.05, 3.63) is 23.8 Å². The highest BCUT2D eigenvalue weighted by molar-refractivity contribution is 5.90. The van der Waals surface area contributed by atoms with E-state index < -0.39 is 23.5 Å². The summed E-state index contributed by atoms with van der Waals surface area (Å²) in [5.41, 5.74) is -0.272. The largest absolute Gasteiger partial charge is 0.494 e. The molecular weight excluding hydrogens is 272 g/mol. The summed E-state index contributed by atoms with van der Waals surface area (Å²) in [6, 6.07) is 1.68. The molecule has 2 N–H and O–H groups in total. The molecule has 0 spiro atoms. The highest BCUT2D eigenvalue weighted by atomic mass is 19.1. The average molecular weight is 287 g/mol. The second-order valence-electron chi connectivity index (χ2n) is 4.12. The Labute approximate surface area is 114 Å². The molecule has 0 atom stereocenters. The minimum Gasteiger partial charge on any atom is -0.494 e. The molecule has 1 amide bonds. The van der Waals surface area contributed by atoms with E-state index in [1.807, 2.05) is 0 Å². The highest BCUT2D eigenvalue weighted by Gasteiger charge is 2.12. The minimum absolute atomic E-state index is 0.0290. The summed E-state index contributed by atoms with van der Waals surface area (Å²) < 4.78 is 31.5. The number of aliphatic carboxylic acids is 1. The molecule has 0 aliphatic carbocycles. The number of hydrogen-bond acceptors (Lipinski definition) is 3. The van der Waals surface area contributed by atoms with Gasteiger partial charge in [0, 0.05) is 25.0 Å². The van der Waals surface area contributed by atoms with E-state index >= 15 is 0 Å². The maximum Gasteiger partial charge on any atom is 0.303 e. The normalized spacial score (nSPS) is 10.2. The Balaban J connectivity index is 2.53. The zero-order chi connectivity index (χ0) is 15.1. The first kappa shape index (κ1) is 15.9. The number of benzene rings is 1. The number of ether oxygens (including phenoxy) is 1. The molecule has 0 unspecified atom stereocenters. The van der Waals surface area contributed by atoms with Crippen molar-refractivity contribution in [2.24, 2.45) is 0 Å². The number of hydrogen-bond donors (Lipinski definition) is 2. The number of rotatable bonds is 7. The fourth-order valence-electron chi connectivity index (χ4n) is 1.56. The van der Waals surface area contributed by atoms with Crippen LogP contribution in [0.3, 0.4) is 0 Å². The first-order valence-corrected chi connectivity index (χ1v) is 5.98. The van der Waals surface area contributed by atoms with Crippen LogP contribution in [0.1, 0.15) is 25.7 Å². The molecule has 1 aromatic carbocycles. The van der Waals surface area contributed by atoms with Gasteiger partial charge in [0.05, 0.1) is 12.8 Å². The van der Waals surface area contributed by atoms with Crippen molar-refractivity contribution < 1.29 is 28.2 Å². The molecule has 0 bridgehead atoms. The minimum atomic E-state index is -0.936. The predicted molar refractivity (Wildman–Crippen MR) is 67.6 cm³/mol. The number of carbonyl (C=O) groups excluding carboxylic acids is 1. The van der Waals surface area contributed by atoms with Gasteiger partial charge in [-0.3, -0.25) is 9.59 Å². The van der Waals surface area contributed by atoms with Crippen LogP contribution in [-0.4, -0.2) is 24.1 Å². The number of methoxy groups -OCH3 is 1. The third-order valence-corrected chi connectivity index (χ3v) is 2.56. The van der Waals surface area contributed by atoms with Gasteiger partial charge < -0.3 is 15.2 Å². The number of carbonyl (C=O) groups is 2. The number of anilines is 1. The molecule has 0 saturated heterocycles. The van der Waals surface area contributed by atoms with Crippen LogP contribution in [-0.2, 0) is 9.59 Å². The number of nitrogens with one attached hydrogen (secondary N) is 1. The Morgan fingerprint density at radius 3 is 2.45 bits per heavy atom. The summed E-state index contributed by atoms with van der Waals surface area (Å²) in [6.45, 7) is 0. The van der Waals surface area contributed by atoms with E-state index in [4.69, 9.17) is 5.11 Å². The quantitative estimate of drug-likeness (QED) is 0.756. The first-order valence-electron chi connectivity index (χ1n) is 5.98. The molecular formula is C13H15F2NO4. The monoisotopic (exact) mass is 287 g/mol. The Kier molecular flexibility index (Phi) is 5.89. The third-order valence-electron chi connectivity index (χ3n) is 2.56. The second-order valence-corrected chi connectivity index (χ2v) is 4.12. The topological polar surface area (TPSA) is 75.6 Å².